The van der Waals surface area contributed by atoms with Crippen molar-refractivity contribution in [1.29, 1.82) is 0 Å². The summed E-state index contributed by atoms with van der Waals surface area (Å²) in [5.41, 5.74) is 1.98. The van der Waals surface area contributed by atoms with Crippen molar-refractivity contribution in [2.75, 3.05) is 0 Å². The molecule has 1 rings (SSSR count). The van der Waals surface area contributed by atoms with E-state index in [4.69, 9.17) is 10.6 Å². The van der Waals surface area contributed by atoms with Gasteiger partial charge in [0.1, 0.15) is 5.82 Å². The number of nitrogens with one attached hydrogen (secondary N) is 1. The highest BCUT2D eigenvalue weighted by Gasteiger charge is 2.11. The van der Waals surface area contributed by atoms with Gasteiger partial charge in [-0.15, -0.1) is 0 Å². The van der Waals surface area contributed by atoms with Crippen LogP contribution in [0.4, 0.5) is 8.78 Å². The van der Waals surface area contributed by atoms with Gasteiger partial charge in [0.05, 0.1) is 6.10 Å². The minimum atomic E-state index is -0.637. The fourth-order valence-electron chi connectivity index (χ4n) is 1.25. The van der Waals surface area contributed by atoms with Crippen LogP contribution < -0.4 is 16.0 Å². The number of halogens is 2. The Morgan fingerprint density at radius 1 is 1.53 bits per heavy atom. The maximum absolute atomic E-state index is 13.2. The number of amides is 1. The Morgan fingerprint density at radius 3 is 2.88 bits per heavy atom. The topological polar surface area (TPSA) is 64.4 Å². The number of benzene rings is 1. The van der Waals surface area contributed by atoms with Gasteiger partial charge in [0.2, 0.25) is 5.91 Å². The molecule has 0 aliphatic rings. The molecule has 1 aromatic rings. The number of ether oxygens (including phenoxy) is 1. The average Bonchev–Trinajstić information content (AvgIpc) is 2.30. The third-order valence-corrected chi connectivity index (χ3v) is 2.16. The Labute approximate surface area is 97.7 Å². The minimum absolute atomic E-state index is 0.161. The van der Waals surface area contributed by atoms with E-state index in [1.54, 1.807) is 6.92 Å². The van der Waals surface area contributed by atoms with Crippen LogP contribution in [0.25, 0.3) is 0 Å². The summed E-state index contributed by atoms with van der Waals surface area (Å²) in [6, 6.07) is 2.97. The molecule has 1 unspecified atom stereocenters. The number of carbonyl (C=O) groups is 1. The lowest BCUT2D eigenvalue weighted by Gasteiger charge is -2.14. The summed E-state index contributed by atoms with van der Waals surface area (Å²) in [5, 5.41) is 0. The SMILES string of the molecule is CC(CCC(=O)NN)Oc1cc(F)ccc1F. The zero-order chi connectivity index (χ0) is 12.8. The summed E-state index contributed by atoms with van der Waals surface area (Å²) in [7, 11) is 0. The second-order valence-corrected chi connectivity index (χ2v) is 3.61. The number of carbonyl (C=O) groups excluding carboxylic acids is 1. The molecule has 0 bridgehead atoms. The first-order valence-electron chi connectivity index (χ1n) is 5.14. The molecule has 1 atom stereocenters. The average molecular weight is 244 g/mol. The van der Waals surface area contributed by atoms with E-state index in [1.807, 2.05) is 5.43 Å². The molecule has 1 aromatic carbocycles. The van der Waals surface area contributed by atoms with E-state index in [1.165, 1.54) is 0 Å². The smallest absolute Gasteiger partial charge is 0.234 e. The van der Waals surface area contributed by atoms with E-state index in [0.29, 0.717) is 6.42 Å². The zero-order valence-electron chi connectivity index (χ0n) is 9.37. The number of hydrogen-bond acceptors (Lipinski definition) is 3. The van der Waals surface area contributed by atoms with Gasteiger partial charge in [0.15, 0.2) is 11.6 Å². The van der Waals surface area contributed by atoms with Gasteiger partial charge in [-0.1, -0.05) is 0 Å². The molecule has 4 nitrogen and oxygen atoms in total. The fourth-order valence-corrected chi connectivity index (χ4v) is 1.25. The van der Waals surface area contributed by atoms with Gasteiger partial charge in [-0.05, 0) is 25.5 Å². The molecule has 0 spiro atoms. The Hall–Kier alpha value is -1.69. The zero-order valence-corrected chi connectivity index (χ0v) is 9.37. The van der Waals surface area contributed by atoms with Crippen LogP contribution in [0.3, 0.4) is 0 Å². The molecule has 0 saturated carbocycles. The van der Waals surface area contributed by atoms with Gasteiger partial charge in [0, 0.05) is 12.5 Å². The largest absolute Gasteiger partial charge is 0.488 e. The van der Waals surface area contributed by atoms with E-state index < -0.39 is 17.7 Å². The quantitative estimate of drug-likeness (QED) is 0.468. The molecule has 0 radical (unpaired) electrons. The molecule has 6 heteroatoms. The maximum atomic E-state index is 13.2. The van der Waals surface area contributed by atoms with Gasteiger partial charge in [0.25, 0.3) is 0 Å². The van der Waals surface area contributed by atoms with E-state index in [9.17, 15) is 13.6 Å². The number of rotatable bonds is 5. The third kappa shape index (κ3) is 4.36. The normalized spacial score (nSPS) is 12.0. The van der Waals surface area contributed by atoms with Crippen LogP contribution in [0.5, 0.6) is 5.75 Å². The van der Waals surface area contributed by atoms with E-state index in [2.05, 4.69) is 0 Å². The molecule has 3 N–H and O–H groups in total. The molecule has 0 aliphatic carbocycles. The van der Waals surface area contributed by atoms with Crippen molar-refractivity contribution in [3.63, 3.8) is 0 Å². The van der Waals surface area contributed by atoms with Crippen LogP contribution >= 0.6 is 0 Å². The van der Waals surface area contributed by atoms with Crippen LogP contribution in [0.2, 0.25) is 0 Å². The summed E-state index contributed by atoms with van der Waals surface area (Å²) in [6.45, 7) is 1.66. The predicted octanol–water partition coefficient (Wildman–Crippen LogP) is 1.50. The first kappa shape index (κ1) is 13.4. The van der Waals surface area contributed by atoms with Crippen molar-refractivity contribution < 1.29 is 18.3 Å². The molecular formula is C11H14F2N2O2. The van der Waals surface area contributed by atoms with Gasteiger partial charge in [-0.2, -0.15) is 0 Å². The summed E-state index contributed by atoms with van der Waals surface area (Å²) in [6.07, 6.45) is 0.108. The first-order valence-corrected chi connectivity index (χ1v) is 5.14. The second-order valence-electron chi connectivity index (χ2n) is 3.61. The summed E-state index contributed by atoms with van der Waals surface area (Å²) < 4.78 is 31.2. The van der Waals surface area contributed by atoms with Crippen LogP contribution in [0, 0.1) is 11.6 Å². The monoisotopic (exact) mass is 244 g/mol. The highest BCUT2D eigenvalue weighted by molar-refractivity contribution is 5.75. The van der Waals surface area contributed by atoms with Crippen molar-refractivity contribution in [3.8, 4) is 5.75 Å². The Bertz CT molecular complexity index is 399. The van der Waals surface area contributed by atoms with Gasteiger partial charge in [-0.25, -0.2) is 14.6 Å². The molecule has 0 saturated heterocycles. The Kier molecular flexibility index (Phi) is 4.84. The molecular weight excluding hydrogens is 230 g/mol. The predicted molar refractivity (Wildman–Crippen MR) is 58.0 cm³/mol. The van der Waals surface area contributed by atoms with Crippen LogP contribution in [-0.4, -0.2) is 12.0 Å². The van der Waals surface area contributed by atoms with Crippen LogP contribution in [0.15, 0.2) is 18.2 Å². The fraction of sp³-hybridized carbons (Fsp3) is 0.364. The lowest BCUT2D eigenvalue weighted by molar-refractivity contribution is -0.121. The number of hydrazine groups is 1. The molecule has 0 fully saturated rings. The lowest BCUT2D eigenvalue weighted by atomic mass is 10.2. The van der Waals surface area contributed by atoms with Crippen LogP contribution in [0.1, 0.15) is 19.8 Å². The van der Waals surface area contributed by atoms with E-state index in [-0.39, 0.29) is 18.1 Å². The minimum Gasteiger partial charge on any atom is -0.488 e. The third-order valence-electron chi connectivity index (χ3n) is 2.16. The maximum Gasteiger partial charge on any atom is 0.234 e. The number of nitrogens with two attached hydrogens (primary N) is 1. The molecule has 0 aliphatic heterocycles. The van der Waals surface area contributed by atoms with Gasteiger partial charge >= 0.3 is 0 Å². The summed E-state index contributed by atoms with van der Waals surface area (Å²) in [5.74, 6) is 3.20. The number of hydrogen-bond donors (Lipinski definition) is 2. The van der Waals surface area contributed by atoms with Crippen molar-refractivity contribution >= 4 is 5.91 Å². The highest BCUT2D eigenvalue weighted by Crippen LogP contribution is 2.20. The van der Waals surface area contributed by atoms with E-state index in [0.717, 1.165) is 18.2 Å². The van der Waals surface area contributed by atoms with Crippen LogP contribution in [-0.2, 0) is 4.79 Å². The Balaban J connectivity index is 2.52. The van der Waals surface area contributed by atoms with Crippen molar-refractivity contribution in [2.45, 2.75) is 25.9 Å². The van der Waals surface area contributed by atoms with Crippen molar-refractivity contribution in [1.82, 2.24) is 5.43 Å². The first-order chi connectivity index (χ1) is 8.02. The standard InChI is InChI=1S/C11H14F2N2O2/c1-7(2-5-11(16)15-14)17-10-6-8(12)3-4-9(10)13/h3-4,6-7H,2,5,14H2,1H3,(H,15,16). The van der Waals surface area contributed by atoms with Crippen molar-refractivity contribution in [3.05, 3.63) is 29.8 Å². The lowest BCUT2D eigenvalue weighted by Crippen LogP contribution is -2.30. The second kappa shape index (κ2) is 6.15. The molecule has 94 valence electrons. The van der Waals surface area contributed by atoms with Gasteiger partial charge in [-0.3, -0.25) is 10.2 Å². The van der Waals surface area contributed by atoms with E-state index >= 15 is 0 Å². The summed E-state index contributed by atoms with van der Waals surface area (Å²) in [4.78, 5) is 10.9. The molecule has 1 amide bonds. The van der Waals surface area contributed by atoms with Gasteiger partial charge < -0.3 is 4.74 Å². The van der Waals surface area contributed by atoms with Crippen molar-refractivity contribution in [2.24, 2.45) is 5.84 Å². The molecule has 17 heavy (non-hydrogen) atoms. The summed E-state index contributed by atoms with van der Waals surface area (Å²) >= 11 is 0. The molecule has 0 heterocycles. The Morgan fingerprint density at radius 2 is 2.24 bits per heavy atom. The molecule has 0 aromatic heterocycles. The highest BCUT2D eigenvalue weighted by atomic mass is 19.1.